The van der Waals surface area contributed by atoms with Crippen LogP contribution >= 0.6 is 0 Å². The van der Waals surface area contributed by atoms with Crippen molar-refractivity contribution in [2.45, 2.75) is 58.4 Å². The molecule has 0 spiro atoms. The van der Waals surface area contributed by atoms with E-state index in [4.69, 9.17) is 14.7 Å². The summed E-state index contributed by atoms with van der Waals surface area (Å²) in [5.41, 5.74) is 2.97. The van der Waals surface area contributed by atoms with Gasteiger partial charge in [0.25, 0.3) is 0 Å². The number of hydrogen-bond donors (Lipinski definition) is 0. The van der Waals surface area contributed by atoms with Crippen molar-refractivity contribution < 1.29 is 14.3 Å². The smallest absolute Gasteiger partial charge is 0.228 e. The normalized spacial score (nSPS) is 18.7. The van der Waals surface area contributed by atoms with Gasteiger partial charge in [0.05, 0.1) is 13.7 Å². The third-order valence-electron chi connectivity index (χ3n) is 6.27. The van der Waals surface area contributed by atoms with Crippen LogP contribution in [0.1, 0.15) is 61.2 Å². The first kappa shape index (κ1) is 21.3. The lowest BCUT2D eigenvalue weighted by Gasteiger charge is -2.34. The average molecular weight is 423 g/mol. The van der Waals surface area contributed by atoms with Gasteiger partial charge in [-0.3, -0.25) is 14.5 Å². The first-order valence-corrected chi connectivity index (χ1v) is 11.1. The molecule has 1 unspecified atom stereocenters. The Hall–Kier alpha value is -2.96. The minimum absolute atomic E-state index is 0.0748. The molecule has 1 saturated heterocycles. The Morgan fingerprint density at radius 1 is 1.26 bits per heavy atom. The third kappa shape index (κ3) is 4.40. The molecule has 3 heterocycles. The highest BCUT2D eigenvalue weighted by molar-refractivity contribution is 5.95. The maximum absolute atomic E-state index is 12.9. The fraction of sp³-hybridized carbons (Fsp3) is 0.500. The number of rotatable bonds is 5. The highest BCUT2D eigenvalue weighted by atomic mass is 16.5. The third-order valence-corrected chi connectivity index (χ3v) is 6.27. The molecule has 164 valence electrons. The number of nitrogens with zero attached hydrogens (tertiary/aromatic N) is 4. The van der Waals surface area contributed by atoms with Crippen molar-refractivity contribution in [3.05, 3.63) is 46.9 Å². The van der Waals surface area contributed by atoms with Crippen LogP contribution in [0.5, 0.6) is 5.75 Å². The molecule has 1 fully saturated rings. The van der Waals surface area contributed by atoms with Crippen LogP contribution in [0.25, 0.3) is 0 Å². The molecule has 2 amide bonds. The van der Waals surface area contributed by atoms with Crippen molar-refractivity contribution in [3.63, 3.8) is 0 Å². The van der Waals surface area contributed by atoms with E-state index >= 15 is 0 Å². The second-order valence-electron chi connectivity index (χ2n) is 8.33. The van der Waals surface area contributed by atoms with Gasteiger partial charge in [0, 0.05) is 43.1 Å². The lowest BCUT2D eigenvalue weighted by molar-refractivity contribution is -0.132. The van der Waals surface area contributed by atoms with Crippen molar-refractivity contribution in [1.82, 2.24) is 14.9 Å². The van der Waals surface area contributed by atoms with Gasteiger partial charge in [-0.1, -0.05) is 19.1 Å². The highest BCUT2D eigenvalue weighted by Gasteiger charge is 2.31. The second-order valence-corrected chi connectivity index (χ2v) is 8.33. The molecule has 2 aromatic rings. The molecular formula is C24H30N4O3. The Bertz CT molecular complexity index is 991. The second kappa shape index (κ2) is 9.04. The zero-order chi connectivity index (χ0) is 22.0. The van der Waals surface area contributed by atoms with E-state index in [0.717, 1.165) is 53.6 Å². The SMILES string of the molecule is CCC(=O)N1CCCC(c2nc(C)c3c(n2)N(Cc2cccc(OC)c2)C(=O)CC3)C1. The number of hydrogen-bond acceptors (Lipinski definition) is 5. The molecule has 0 N–H and O–H groups in total. The molecule has 0 aliphatic carbocycles. The van der Waals surface area contributed by atoms with Crippen LogP contribution in [0.4, 0.5) is 5.82 Å². The van der Waals surface area contributed by atoms with E-state index in [0.29, 0.717) is 32.4 Å². The van der Waals surface area contributed by atoms with E-state index < -0.39 is 0 Å². The fourth-order valence-electron chi connectivity index (χ4n) is 4.54. The summed E-state index contributed by atoms with van der Waals surface area (Å²) in [5.74, 6) is 2.59. The van der Waals surface area contributed by atoms with Crippen LogP contribution in [0.15, 0.2) is 24.3 Å². The lowest BCUT2D eigenvalue weighted by atomic mass is 9.95. The van der Waals surface area contributed by atoms with E-state index in [-0.39, 0.29) is 17.7 Å². The van der Waals surface area contributed by atoms with Crippen LogP contribution in [-0.2, 0) is 22.6 Å². The summed E-state index contributed by atoms with van der Waals surface area (Å²) in [6.45, 7) is 5.79. The number of benzene rings is 1. The molecule has 2 aliphatic rings. The minimum Gasteiger partial charge on any atom is -0.497 e. The molecule has 0 saturated carbocycles. The Morgan fingerprint density at radius 3 is 2.87 bits per heavy atom. The van der Waals surface area contributed by atoms with Gasteiger partial charge in [-0.25, -0.2) is 9.97 Å². The number of carbonyl (C=O) groups excluding carboxylic acids is 2. The summed E-state index contributed by atoms with van der Waals surface area (Å²) < 4.78 is 5.34. The number of aryl methyl sites for hydroxylation is 1. The minimum atomic E-state index is 0.0748. The van der Waals surface area contributed by atoms with Gasteiger partial charge in [0.1, 0.15) is 17.4 Å². The maximum Gasteiger partial charge on any atom is 0.228 e. The van der Waals surface area contributed by atoms with Gasteiger partial charge in [-0.05, 0) is 43.9 Å². The Kier molecular flexibility index (Phi) is 6.20. The summed E-state index contributed by atoms with van der Waals surface area (Å²) in [5, 5.41) is 0. The predicted molar refractivity (Wildman–Crippen MR) is 118 cm³/mol. The molecule has 31 heavy (non-hydrogen) atoms. The van der Waals surface area contributed by atoms with Crippen molar-refractivity contribution in [2.75, 3.05) is 25.1 Å². The molecule has 1 aromatic carbocycles. The largest absolute Gasteiger partial charge is 0.497 e. The van der Waals surface area contributed by atoms with Crippen LogP contribution < -0.4 is 9.64 Å². The number of amides is 2. The van der Waals surface area contributed by atoms with Gasteiger partial charge >= 0.3 is 0 Å². The summed E-state index contributed by atoms with van der Waals surface area (Å²) in [6.07, 6.45) is 3.54. The molecule has 2 aliphatic heterocycles. The monoisotopic (exact) mass is 422 g/mol. The van der Waals surface area contributed by atoms with E-state index in [1.807, 2.05) is 43.0 Å². The number of aromatic nitrogens is 2. The molecule has 0 radical (unpaired) electrons. The molecule has 4 rings (SSSR count). The molecule has 1 aromatic heterocycles. The molecule has 1 atom stereocenters. The topological polar surface area (TPSA) is 75.6 Å². The van der Waals surface area contributed by atoms with Crippen molar-refractivity contribution in [3.8, 4) is 5.75 Å². The Morgan fingerprint density at radius 2 is 2.10 bits per heavy atom. The average Bonchev–Trinajstić information content (AvgIpc) is 2.80. The van der Waals surface area contributed by atoms with Gasteiger partial charge in [-0.15, -0.1) is 0 Å². The van der Waals surface area contributed by atoms with Crippen LogP contribution in [-0.4, -0.2) is 46.9 Å². The van der Waals surface area contributed by atoms with Gasteiger partial charge < -0.3 is 9.64 Å². The van der Waals surface area contributed by atoms with E-state index in [1.165, 1.54) is 0 Å². The van der Waals surface area contributed by atoms with E-state index in [1.54, 1.807) is 12.0 Å². The number of piperidine rings is 1. The zero-order valence-electron chi connectivity index (χ0n) is 18.6. The zero-order valence-corrected chi connectivity index (χ0v) is 18.6. The first-order valence-electron chi connectivity index (χ1n) is 11.1. The van der Waals surface area contributed by atoms with Crippen LogP contribution in [0.3, 0.4) is 0 Å². The maximum atomic E-state index is 12.9. The van der Waals surface area contributed by atoms with Crippen LogP contribution in [0.2, 0.25) is 0 Å². The summed E-state index contributed by atoms with van der Waals surface area (Å²) in [6, 6.07) is 7.77. The predicted octanol–water partition coefficient (Wildman–Crippen LogP) is 3.39. The highest BCUT2D eigenvalue weighted by Crippen LogP contribution is 2.33. The number of fused-ring (bicyclic) bond motifs is 1. The van der Waals surface area contributed by atoms with E-state index in [9.17, 15) is 9.59 Å². The number of ether oxygens (including phenoxy) is 1. The molecule has 7 heteroatoms. The molecular weight excluding hydrogens is 392 g/mol. The van der Waals surface area contributed by atoms with Gasteiger partial charge in [0.15, 0.2) is 0 Å². The Balaban J connectivity index is 1.65. The van der Waals surface area contributed by atoms with Gasteiger partial charge in [0.2, 0.25) is 11.8 Å². The number of methoxy groups -OCH3 is 1. The Labute approximate surface area is 183 Å². The number of likely N-dealkylation sites (tertiary alicyclic amines) is 1. The van der Waals surface area contributed by atoms with Crippen molar-refractivity contribution in [2.24, 2.45) is 0 Å². The summed E-state index contributed by atoms with van der Waals surface area (Å²) in [4.78, 5) is 38.5. The number of carbonyl (C=O) groups is 2. The summed E-state index contributed by atoms with van der Waals surface area (Å²) in [7, 11) is 1.64. The fourth-order valence-corrected chi connectivity index (χ4v) is 4.54. The van der Waals surface area contributed by atoms with E-state index in [2.05, 4.69) is 0 Å². The van der Waals surface area contributed by atoms with Gasteiger partial charge in [-0.2, -0.15) is 0 Å². The van der Waals surface area contributed by atoms with Crippen molar-refractivity contribution >= 4 is 17.6 Å². The number of anilines is 1. The quantitative estimate of drug-likeness (QED) is 0.738. The van der Waals surface area contributed by atoms with Crippen LogP contribution in [0, 0.1) is 6.92 Å². The molecule has 7 nitrogen and oxygen atoms in total. The standard InChI is InChI=1S/C24H30N4O3/c1-4-21(29)27-12-6-8-18(15-27)23-25-16(2)20-10-11-22(30)28(24(20)26-23)14-17-7-5-9-19(13-17)31-3/h5,7,9,13,18H,4,6,8,10-12,14-15H2,1-3H3. The first-order chi connectivity index (χ1) is 15.0. The lowest BCUT2D eigenvalue weighted by Crippen LogP contribution is -2.40. The van der Waals surface area contributed by atoms with Crippen molar-refractivity contribution in [1.29, 1.82) is 0 Å². The molecule has 0 bridgehead atoms. The summed E-state index contributed by atoms with van der Waals surface area (Å²) >= 11 is 0.